The van der Waals surface area contributed by atoms with Crippen LogP contribution in [-0.2, 0) is 5.60 Å². The van der Waals surface area contributed by atoms with E-state index in [1.165, 1.54) is 6.92 Å². The Morgan fingerprint density at radius 1 is 1.27 bits per heavy atom. The van der Waals surface area contributed by atoms with Crippen LogP contribution in [0.15, 0.2) is 24.3 Å². The van der Waals surface area contributed by atoms with Crippen LogP contribution in [0.3, 0.4) is 0 Å². The number of halogens is 4. The summed E-state index contributed by atoms with van der Waals surface area (Å²) in [5, 5.41) is 9.46. The third-order valence-corrected chi connectivity index (χ3v) is 2.28. The van der Waals surface area contributed by atoms with E-state index in [9.17, 15) is 22.7 Å². The van der Waals surface area contributed by atoms with E-state index in [0.717, 1.165) is 18.2 Å². The van der Waals surface area contributed by atoms with Crippen LogP contribution in [0.2, 0.25) is 0 Å². The van der Waals surface area contributed by atoms with Crippen LogP contribution in [0, 0.1) is 5.82 Å². The van der Waals surface area contributed by atoms with Crippen molar-refractivity contribution in [3.05, 3.63) is 35.6 Å². The second kappa shape index (κ2) is 3.81. The van der Waals surface area contributed by atoms with Crippen LogP contribution >= 0.6 is 0 Å². The predicted molar refractivity (Wildman–Crippen MR) is 46.6 cm³/mol. The summed E-state index contributed by atoms with van der Waals surface area (Å²) >= 11 is 0. The van der Waals surface area contributed by atoms with E-state index in [1.807, 2.05) is 0 Å². The highest BCUT2D eigenvalue weighted by molar-refractivity contribution is 5.24. The lowest BCUT2D eigenvalue weighted by atomic mass is 9.90. The van der Waals surface area contributed by atoms with E-state index in [1.54, 1.807) is 0 Å². The van der Waals surface area contributed by atoms with Gasteiger partial charge < -0.3 is 5.11 Å². The monoisotopic (exact) mass is 222 g/mol. The molecule has 0 heterocycles. The Kier molecular flexibility index (Phi) is 3.04. The minimum Gasteiger partial charge on any atom is -0.376 e. The molecule has 0 saturated carbocycles. The van der Waals surface area contributed by atoms with Crippen LogP contribution < -0.4 is 0 Å². The summed E-state index contributed by atoms with van der Waals surface area (Å²) in [6, 6.07) is 3.91. The van der Waals surface area contributed by atoms with Gasteiger partial charge in [0.25, 0.3) is 0 Å². The van der Waals surface area contributed by atoms with E-state index in [-0.39, 0.29) is 0 Å². The average molecular weight is 222 g/mol. The number of benzene rings is 1. The molecule has 0 amide bonds. The molecule has 0 saturated heterocycles. The molecule has 0 spiro atoms. The molecule has 1 aromatic carbocycles. The fourth-order valence-corrected chi connectivity index (χ4v) is 1.31. The van der Waals surface area contributed by atoms with E-state index in [2.05, 4.69) is 0 Å². The Morgan fingerprint density at radius 2 is 1.87 bits per heavy atom. The van der Waals surface area contributed by atoms with Crippen molar-refractivity contribution in [2.75, 3.05) is 0 Å². The Bertz CT molecular complexity index is 348. The van der Waals surface area contributed by atoms with Gasteiger partial charge in [0.05, 0.1) is 0 Å². The van der Waals surface area contributed by atoms with Gasteiger partial charge in [-0.25, -0.2) is 4.39 Å². The molecule has 1 atom stereocenters. The smallest absolute Gasteiger partial charge is 0.376 e. The van der Waals surface area contributed by atoms with Crippen LogP contribution in [0.4, 0.5) is 17.6 Å². The molecule has 84 valence electrons. The van der Waals surface area contributed by atoms with Crippen molar-refractivity contribution >= 4 is 0 Å². The standard InChI is InChI=1S/C10H10F4O/c1-2-9(15,10(12,13)14)7-4-3-5-8(11)6-7/h3-6,15H,2H2,1H3. The van der Waals surface area contributed by atoms with E-state index in [4.69, 9.17) is 0 Å². The molecular weight excluding hydrogens is 212 g/mol. The number of hydrogen-bond acceptors (Lipinski definition) is 1. The fourth-order valence-electron chi connectivity index (χ4n) is 1.31. The molecule has 0 aliphatic heterocycles. The summed E-state index contributed by atoms with van der Waals surface area (Å²) in [5.74, 6) is -0.802. The Labute approximate surface area is 84.3 Å². The molecule has 0 aliphatic rings. The molecule has 1 N–H and O–H groups in total. The summed E-state index contributed by atoms with van der Waals surface area (Å²) in [5.41, 5.74) is -3.45. The molecule has 0 radical (unpaired) electrons. The highest BCUT2D eigenvalue weighted by Gasteiger charge is 2.53. The molecule has 15 heavy (non-hydrogen) atoms. The zero-order valence-corrected chi connectivity index (χ0v) is 7.98. The van der Waals surface area contributed by atoms with Gasteiger partial charge in [-0.1, -0.05) is 19.1 Å². The lowest BCUT2D eigenvalue weighted by Gasteiger charge is -2.29. The molecule has 0 aromatic heterocycles. The topological polar surface area (TPSA) is 20.2 Å². The Balaban J connectivity index is 3.23. The summed E-state index contributed by atoms with van der Waals surface area (Å²) in [7, 11) is 0. The first-order valence-electron chi connectivity index (χ1n) is 4.36. The van der Waals surface area contributed by atoms with E-state index < -0.39 is 29.6 Å². The van der Waals surface area contributed by atoms with Gasteiger partial charge in [0, 0.05) is 0 Å². The van der Waals surface area contributed by atoms with Gasteiger partial charge in [-0.3, -0.25) is 0 Å². The van der Waals surface area contributed by atoms with Crippen molar-refractivity contribution < 1.29 is 22.7 Å². The van der Waals surface area contributed by atoms with E-state index in [0.29, 0.717) is 6.07 Å². The van der Waals surface area contributed by atoms with Gasteiger partial charge in [-0.05, 0) is 24.1 Å². The zero-order valence-electron chi connectivity index (χ0n) is 7.98. The number of alkyl halides is 3. The quantitative estimate of drug-likeness (QED) is 0.762. The summed E-state index contributed by atoms with van der Waals surface area (Å²) < 4.78 is 50.4. The fraction of sp³-hybridized carbons (Fsp3) is 0.400. The minimum absolute atomic E-state index is 0.475. The second-order valence-electron chi connectivity index (χ2n) is 3.22. The van der Waals surface area contributed by atoms with Gasteiger partial charge in [0.15, 0.2) is 5.60 Å². The molecular formula is C10H10F4O. The summed E-state index contributed by atoms with van der Waals surface area (Å²) in [6.07, 6.45) is -5.37. The largest absolute Gasteiger partial charge is 0.421 e. The van der Waals surface area contributed by atoms with Crippen molar-refractivity contribution in [2.45, 2.75) is 25.1 Å². The SMILES string of the molecule is CCC(O)(c1cccc(F)c1)C(F)(F)F. The molecule has 1 rings (SSSR count). The van der Waals surface area contributed by atoms with Crippen molar-refractivity contribution in [3.63, 3.8) is 0 Å². The maximum absolute atomic E-state index is 12.7. The number of rotatable bonds is 2. The van der Waals surface area contributed by atoms with Crippen molar-refractivity contribution in [3.8, 4) is 0 Å². The van der Waals surface area contributed by atoms with Gasteiger partial charge >= 0.3 is 6.18 Å². The highest BCUT2D eigenvalue weighted by atomic mass is 19.4. The Hall–Kier alpha value is -1.10. The lowest BCUT2D eigenvalue weighted by molar-refractivity contribution is -0.267. The first-order valence-corrected chi connectivity index (χ1v) is 4.36. The van der Waals surface area contributed by atoms with Crippen LogP contribution in [0.1, 0.15) is 18.9 Å². The van der Waals surface area contributed by atoms with Crippen LogP contribution in [0.5, 0.6) is 0 Å². The molecule has 1 aromatic rings. The second-order valence-corrected chi connectivity index (χ2v) is 3.22. The minimum atomic E-state index is -4.81. The first kappa shape index (κ1) is 12.0. The Morgan fingerprint density at radius 3 is 2.27 bits per heavy atom. The van der Waals surface area contributed by atoms with E-state index >= 15 is 0 Å². The van der Waals surface area contributed by atoms with Gasteiger partial charge in [0.1, 0.15) is 5.82 Å². The molecule has 0 aliphatic carbocycles. The molecule has 1 nitrogen and oxygen atoms in total. The van der Waals surface area contributed by atoms with Crippen molar-refractivity contribution in [2.24, 2.45) is 0 Å². The molecule has 0 bridgehead atoms. The number of hydrogen-bond donors (Lipinski definition) is 1. The van der Waals surface area contributed by atoms with Gasteiger partial charge in [-0.15, -0.1) is 0 Å². The normalized spacial score (nSPS) is 16.1. The zero-order chi connectivity index (χ0) is 11.7. The van der Waals surface area contributed by atoms with Gasteiger partial charge in [0.2, 0.25) is 0 Å². The summed E-state index contributed by atoms with van der Waals surface area (Å²) in [6.45, 7) is 1.19. The maximum atomic E-state index is 12.7. The maximum Gasteiger partial charge on any atom is 0.421 e. The predicted octanol–water partition coefficient (Wildman–Crippen LogP) is 2.99. The highest BCUT2D eigenvalue weighted by Crippen LogP contribution is 2.41. The summed E-state index contributed by atoms with van der Waals surface area (Å²) in [4.78, 5) is 0. The van der Waals surface area contributed by atoms with Gasteiger partial charge in [-0.2, -0.15) is 13.2 Å². The van der Waals surface area contributed by atoms with Crippen LogP contribution in [-0.4, -0.2) is 11.3 Å². The average Bonchev–Trinajstić information content (AvgIpc) is 2.14. The molecule has 5 heteroatoms. The third-order valence-electron chi connectivity index (χ3n) is 2.28. The first-order chi connectivity index (χ1) is 6.81. The van der Waals surface area contributed by atoms with Crippen molar-refractivity contribution in [1.29, 1.82) is 0 Å². The lowest BCUT2D eigenvalue weighted by Crippen LogP contribution is -2.41. The molecule has 1 unspecified atom stereocenters. The third kappa shape index (κ3) is 2.12. The molecule has 0 fully saturated rings. The van der Waals surface area contributed by atoms with Crippen LogP contribution in [0.25, 0.3) is 0 Å². The number of aliphatic hydroxyl groups is 1. The van der Waals surface area contributed by atoms with Crippen molar-refractivity contribution in [1.82, 2.24) is 0 Å².